The first-order valence-corrected chi connectivity index (χ1v) is 9.68. The minimum atomic E-state index is -3.70. The summed E-state index contributed by atoms with van der Waals surface area (Å²) in [5, 5.41) is 1.27. The predicted octanol–water partition coefficient (Wildman–Crippen LogP) is 4.23. The summed E-state index contributed by atoms with van der Waals surface area (Å²) in [6, 6.07) is 10.6. The molecule has 1 atom stereocenters. The van der Waals surface area contributed by atoms with Crippen molar-refractivity contribution in [1.82, 2.24) is 9.62 Å². The monoisotopic (exact) mass is 406 g/mol. The van der Waals surface area contributed by atoms with E-state index in [1.165, 1.54) is 24.3 Å². The van der Waals surface area contributed by atoms with Gasteiger partial charge in [-0.25, -0.2) is 13.1 Å². The van der Waals surface area contributed by atoms with Gasteiger partial charge in [-0.2, -0.15) is 0 Å². The molecule has 2 rings (SSSR count). The van der Waals surface area contributed by atoms with Gasteiger partial charge in [0, 0.05) is 11.6 Å². The molecule has 0 unspecified atom stereocenters. The molecule has 2 aromatic carbocycles. The van der Waals surface area contributed by atoms with Crippen molar-refractivity contribution in [1.29, 1.82) is 0 Å². The molecule has 0 aliphatic rings. The van der Waals surface area contributed by atoms with Crippen LogP contribution in [-0.4, -0.2) is 34.0 Å². The molecular weight excluding hydrogens is 391 g/mol. The average molecular weight is 408 g/mol. The van der Waals surface area contributed by atoms with Gasteiger partial charge in [-0.3, -0.25) is 0 Å². The molecule has 0 aromatic heterocycles. The van der Waals surface area contributed by atoms with Gasteiger partial charge in [-0.1, -0.05) is 40.9 Å². The molecule has 0 spiro atoms. The molecule has 0 saturated carbocycles. The highest BCUT2D eigenvalue weighted by Crippen LogP contribution is 2.27. The van der Waals surface area contributed by atoms with E-state index >= 15 is 0 Å². The first kappa shape index (κ1) is 19.5. The van der Waals surface area contributed by atoms with Crippen LogP contribution in [0.1, 0.15) is 11.6 Å². The lowest BCUT2D eigenvalue weighted by Gasteiger charge is -2.23. The van der Waals surface area contributed by atoms with Gasteiger partial charge in [0.2, 0.25) is 10.0 Å². The Labute approximate surface area is 157 Å². The Morgan fingerprint density at radius 3 is 2.17 bits per heavy atom. The molecular formula is C16H17Cl3N2O2S. The highest BCUT2D eigenvalue weighted by molar-refractivity contribution is 7.89. The normalized spacial score (nSPS) is 13.2. The molecule has 0 aliphatic heterocycles. The van der Waals surface area contributed by atoms with Crippen molar-refractivity contribution in [2.45, 2.75) is 10.9 Å². The second-order valence-corrected chi connectivity index (χ2v) is 8.53. The van der Waals surface area contributed by atoms with Crippen molar-refractivity contribution >= 4 is 44.8 Å². The smallest absolute Gasteiger partial charge is 0.241 e. The van der Waals surface area contributed by atoms with E-state index in [2.05, 4.69) is 4.72 Å². The molecule has 0 bridgehead atoms. The summed E-state index contributed by atoms with van der Waals surface area (Å²) in [6.45, 7) is 0.463. The van der Waals surface area contributed by atoms with Crippen LogP contribution < -0.4 is 4.72 Å². The zero-order valence-electron chi connectivity index (χ0n) is 13.1. The van der Waals surface area contributed by atoms with Crippen LogP contribution in [0.3, 0.4) is 0 Å². The summed E-state index contributed by atoms with van der Waals surface area (Å²) in [5.74, 6) is 0. The lowest BCUT2D eigenvalue weighted by molar-refractivity contribution is 0.363. The highest BCUT2D eigenvalue weighted by Gasteiger charge is 2.22. The van der Waals surface area contributed by atoms with E-state index in [-0.39, 0.29) is 4.90 Å². The predicted molar refractivity (Wildman–Crippen MR) is 99.5 cm³/mol. The number of halogens is 3. The van der Waals surface area contributed by atoms with Gasteiger partial charge < -0.3 is 4.90 Å². The Hall–Kier alpha value is -0.820. The van der Waals surface area contributed by atoms with Crippen LogP contribution in [0.15, 0.2) is 47.4 Å². The lowest BCUT2D eigenvalue weighted by Crippen LogP contribution is -2.35. The van der Waals surface area contributed by atoms with Crippen molar-refractivity contribution in [3.05, 3.63) is 63.1 Å². The van der Waals surface area contributed by atoms with Gasteiger partial charge in [0.1, 0.15) is 0 Å². The average Bonchev–Trinajstić information content (AvgIpc) is 2.49. The van der Waals surface area contributed by atoms with Crippen LogP contribution >= 0.6 is 34.8 Å². The van der Waals surface area contributed by atoms with Gasteiger partial charge in [-0.15, -0.1) is 0 Å². The van der Waals surface area contributed by atoms with E-state index in [1.807, 2.05) is 19.0 Å². The van der Waals surface area contributed by atoms with Crippen LogP contribution in [0, 0.1) is 0 Å². The zero-order valence-corrected chi connectivity index (χ0v) is 16.2. The summed E-state index contributed by atoms with van der Waals surface area (Å²) in [6.07, 6.45) is 0. The fourth-order valence-corrected chi connectivity index (χ4v) is 3.82. The van der Waals surface area contributed by atoms with Gasteiger partial charge in [0.05, 0.1) is 21.0 Å². The Morgan fingerprint density at radius 1 is 1.00 bits per heavy atom. The third kappa shape index (κ3) is 5.09. The van der Waals surface area contributed by atoms with E-state index in [0.717, 1.165) is 5.56 Å². The number of rotatable bonds is 6. The number of hydrogen-bond donors (Lipinski definition) is 1. The molecule has 2 aromatic rings. The number of sulfonamides is 1. The minimum absolute atomic E-state index is 0.149. The maximum absolute atomic E-state index is 12.6. The molecule has 0 heterocycles. The number of nitrogens with one attached hydrogen (secondary N) is 1. The third-order valence-corrected chi connectivity index (χ3v) is 5.79. The lowest BCUT2D eigenvalue weighted by atomic mass is 10.1. The topological polar surface area (TPSA) is 49.4 Å². The van der Waals surface area contributed by atoms with Crippen LogP contribution in [0.2, 0.25) is 15.1 Å². The van der Waals surface area contributed by atoms with Gasteiger partial charge in [-0.05, 0) is 56.1 Å². The second kappa shape index (κ2) is 8.04. The van der Waals surface area contributed by atoms with E-state index in [4.69, 9.17) is 34.8 Å². The number of benzene rings is 2. The van der Waals surface area contributed by atoms with E-state index in [0.29, 0.717) is 21.6 Å². The fourth-order valence-electron chi connectivity index (χ4n) is 2.17. The standard InChI is InChI=1S/C16H17Cl3N2O2S/c1-21(2)10-16(11-3-8-14(18)15(19)9-11)20-24(22,23)13-6-4-12(17)5-7-13/h3-9,16,20H,10H2,1-2H3/t16-/m1/s1. The van der Waals surface area contributed by atoms with E-state index in [1.54, 1.807) is 18.2 Å². The summed E-state index contributed by atoms with van der Waals surface area (Å²) in [7, 11) is 0.0201. The Morgan fingerprint density at radius 2 is 1.62 bits per heavy atom. The number of hydrogen-bond acceptors (Lipinski definition) is 3. The van der Waals surface area contributed by atoms with Crippen LogP contribution in [0.4, 0.5) is 0 Å². The molecule has 1 N–H and O–H groups in total. The van der Waals surface area contributed by atoms with Crippen molar-refractivity contribution in [3.8, 4) is 0 Å². The Bertz CT molecular complexity index is 809. The first-order chi connectivity index (χ1) is 11.2. The summed E-state index contributed by atoms with van der Waals surface area (Å²) in [5.41, 5.74) is 0.732. The largest absolute Gasteiger partial charge is 0.307 e. The second-order valence-electron chi connectivity index (χ2n) is 5.56. The molecule has 24 heavy (non-hydrogen) atoms. The molecule has 8 heteroatoms. The summed E-state index contributed by atoms with van der Waals surface area (Å²) in [4.78, 5) is 2.04. The minimum Gasteiger partial charge on any atom is -0.307 e. The van der Waals surface area contributed by atoms with Gasteiger partial charge in [0.25, 0.3) is 0 Å². The maximum Gasteiger partial charge on any atom is 0.241 e. The van der Waals surface area contributed by atoms with E-state index in [9.17, 15) is 8.42 Å². The molecule has 130 valence electrons. The number of likely N-dealkylation sites (N-methyl/N-ethyl adjacent to an activating group) is 1. The van der Waals surface area contributed by atoms with Crippen molar-refractivity contribution in [2.75, 3.05) is 20.6 Å². The first-order valence-electron chi connectivity index (χ1n) is 7.06. The van der Waals surface area contributed by atoms with Gasteiger partial charge >= 0.3 is 0 Å². The quantitative estimate of drug-likeness (QED) is 0.779. The van der Waals surface area contributed by atoms with Crippen LogP contribution in [0.25, 0.3) is 0 Å². The molecule has 0 radical (unpaired) electrons. The van der Waals surface area contributed by atoms with Crippen molar-refractivity contribution in [3.63, 3.8) is 0 Å². The van der Waals surface area contributed by atoms with Crippen LogP contribution in [0.5, 0.6) is 0 Å². The van der Waals surface area contributed by atoms with Crippen molar-refractivity contribution in [2.24, 2.45) is 0 Å². The summed E-state index contributed by atoms with van der Waals surface area (Å²) < 4.78 is 28.0. The zero-order chi connectivity index (χ0) is 17.9. The number of nitrogens with zero attached hydrogens (tertiary/aromatic N) is 1. The highest BCUT2D eigenvalue weighted by atomic mass is 35.5. The molecule has 0 fully saturated rings. The fraction of sp³-hybridized carbons (Fsp3) is 0.250. The maximum atomic E-state index is 12.6. The van der Waals surface area contributed by atoms with Crippen molar-refractivity contribution < 1.29 is 8.42 Å². The third-order valence-electron chi connectivity index (χ3n) is 3.32. The van der Waals surface area contributed by atoms with Gasteiger partial charge in [0.15, 0.2) is 0 Å². The summed E-state index contributed by atoms with van der Waals surface area (Å²) >= 11 is 17.8. The SMILES string of the molecule is CN(C)C[C@@H](NS(=O)(=O)c1ccc(Cl)cc1)c1ccc(Cl)c(Cl)c1. The van der Waals surface area contributed by atoms with E-state index < -0.39 is 16.1 Å². The molecule has 0 saturated heterocycles. The Balaban J connectivity index is 2.34. The molecule has 0 amide bonds. The molecule has 0 aliphatic carbocycles. The molecule has 4 nitrogen and oxygen atoms in total. The Kier molecular flexibility index (Phi) is 6.53. The van der Waals surface area contributed by atoms with Crippen LogP contribution in [-0.2, 0) is 10.0 Å².